The number of anilines is 1. The minimum absolute atomic E-state index is 0.0589. The van der Waals surface area contributed by atoms with E-state index in [4.69, 9.17) is 4.74 Å². The molecule has 0 heterocycles. The van der Waals surface area contributed by atoms with Gasteiger partial charge in [0.05, 0.1) is 0 Å². The van der Waals surface area contributed by atoms with Gasteiger partial charge in [-0.05, 0) is 78.0 Å². The summed E-state index contributed by atoms with van der Waals surface area (Å²) in [6.07, 6.45) is -0.368. The number of nitrogens with zero attached hydrogens (tertiary/aromatic N) is 1. The van der Waals surface area contributed by atoms with Crippen molar-refractivity contribution in [1.82, 2.24) is 10.2 Å². The largest absolute Gasteiger partial charge is 0.507 e. The Morgan fingerprint density at radius 2 is 1.55 bits per heavy atom. The Morgan fingerprint density at radius 1 is 0.947 bits per heavy atom. The van der Waals surface area contributed by atoms with Crippen LogP contribution in [0.25, 0.3) is 0 Å². The number of phenolic OH excluding ortho intramolecular Hbond substituents is 1. The third-order valence-corrected chi connectivity index (χ3v) is 6.00. The summed E-state index contributed by atoms with van der Waals surface area (Å²) in [5.41, 5.74) is 1.61. The molecule has 0 aromatic heterocycles. The van der Waals surface area contributed by atoms with Crippen molar-refractivity contribution < 1.29 is 24.2 Å². The Morgan fingerprint density at radius 3 is 2.11 bits per heavy atom. The normalized spacial score (nSPS) is 13.1. The average molecular weight is 526 g/mol. The van der Waals surface area contributed by atoms with Crippen LogP contribution in [0.2, 0.25) is 0 Å². The van der Waals surface area contributed by atoms with Crippen LogP contribution in [0.15, 0.2) is 42.5 Å². The maximum atomic E-state index is 14.2. The third kappa shape index (κ3) is 8.23. The van der Waals surface area contributed by atoms with Crippen LogP contribution in [0.4, 0.5) is 10.5 Å². The molecule has 8 nitrogen and oxygen atoms in total. The highest BCUT2D eigenvalue weighted by atomic mass is 16.6. The molecule has 3 N–H and O–H groups in total. The van der Waals surface area contributed by atoms with Gasteiger partial charge in [-0.2, -0.15) is 0 Å². The zero-order valence-electron chi connectivity index (χ0n) is 24.1. The summed E-state index contributed by atoms with van der Waals surface area (Å²) in [6, 6.07) is 9.95. The van der Waals surface area contributed by atoms with Crippen LogP contribution >= 0.6 is 0 Å². The average Bonchev–Trinajstić information content (AvgIpc) is 2.78. The van der Waals surface area contributed by atoms with Crippen LogP contribution < -0.4 is 10.6 Å². The number of hydrogen-bond donors (Lipinski definition) is 3. The highest BCUT2D eigenvalue weighted by Gasteiger charge is 2.39. The molecule has 3 amide bonds. The van der Waals surface area contributed by atoms with Gasteiger partial charge in [0.15, 0.2) is 0 Å². The summed E-state index contributed by atoms with van der Waals surface area (Å²) in [7, 11) is 0. The second-order valence-corrected chi connectivity index (χ2v) is 11.4. The number of nitrogens with one attached hydrogen (secondary N) is 2. The molecule has 8 heteroatoms. The van der Waals surface area contributed by atoms with Crippen molar-refractivity contribution in [2.75, 3.05) is 5.32 Å². The summed E-state index contributed by atoms with van der Waals surface area (Å²) in [5, 5.41) is 16.7. The molecule has 2 atom stereocenters. The molecule has 0 fully saturated rings. The van der Waals surface area contributed by atoms with E-state index in [9.17, 15) is 19.5 Å². The number of ether oxygens (including phenoxy) is 1. The van der Waals surface area contributed by atoms with E-state index in [0.29, 0.717) is 23.2 Å². The molecule has 2 rings (SSSR count). The van der Waals surface area contributed by atoms with Crippen LogP contribution in [0, 0.1) is 19.8 Å². The quantitative estimate of drug-likeness (QED) is 0.380. The van der Waals surface area contributed by atoms with E-state index in [1.165, 1.54) is 4.90 Å². The van der Waals surface area contributed by atoms with Gasteiger partial charge < -0.3 is 25.4 Å². The van der Waals surface area contributed by atoms with Gasteiger partial charge in [0, 0.05) is 17.3 Å². The van der Waals surface area contributed by atoms with Crippen molar-refractivity contribution in [3.63, 3.8) is 0 Å². The molecule has 0 saturated carbocycles. The van der Waals surface area contributed by atoms with E-state index in [0.717, 1.165) is 5.56 Å². The monoisotopic (exact) mass is 525 g/mol. The fourth-order valence-electron chi connectivity index (χ4n) is 4.24. The summed E-state index contributed by atoms with van der Waals surface area (Å²) < 4.78 is 5.42. The van der Waals surface area contributed by atoms with Gasteiger partial charge in [-0.25, -0.2) is 4.79 Å². The Kier molecular flexibility index (Phi) is 10.3. The number of aromatic hydroxyl groups is 1. The Hall–Kier alpha value is -3.55. The van der Waals surface area contributed by atoms with Crippen LogP contribution in [-0.2, 0) is 14.3 Å². The topological polar surface area (TPSA) is 108 Å². The number of carbonyl (C=O) groups excluding carboxylic acids is 3. The number of para-hydroxylation sites is 2. The predicted octanol–water partition coefficient (Wildman–Crippen LogP) is 5.87. The van der Waals surface area contributed by atoms with Crippen LogP contribution in [0.3, 0.4) is 0 Å². The summed E-state index contributed by atoms with van der Waals surface area (Å²) >= 11 is 0. The van der Waals surface area contributed by atoms with Crippen molar-refractivity contribution in [2.24, 2.45) is 5.92 Å². The zero-order valence-corrected chi connectivity index (χ0v) is 24.1. The molecule has 0 spiro atoms. The van der Waals surface area contributed by atoms with Crippen molar-refractivity contribution in [1.29, 1.82) is 0 Å². The van der Waals surface area contributed by atoms with Crippen LogP contribution in [-0.4, -0.2) is 45.6 Å². The molecule has 0 aliphatic heterocycles. The maximum absolute atomic E-state index is 14.2. The zero-order chi connectivity index (χ0) is 28.8. The number of rotatable bonds is 9. The minimum atomic E-state index is -1.16. The summed E-state index contributed by atoms with van der Waals surface area (Å²) in [5.74, 6) is -0.899. The summed E-state index contributed by atoms with van der Waals surface area (Å²) in [6.45, 7) is 16.4. The van der Waals surface area contributed by atoms with E-state index < -0.39 is 41.6 Å². The fraction of sp³-hybridized carbons (Fsp3) is 0.500. The second-order valence-electron chi connectivity index (χ2n) is 11.4. The van der Waals surface area contributed by atoms with E-state index in [-0.39, 0.29) is 11.7 Å². The smallest absolute Gasteiger partial charge is 0.408 e. The van der Waals surface area contributed by atoms with Gasteiger partial charge in [-0.15, -0.1) is 0 Å². The van der Waals surface area contributed by atoms with Gasteiger partial charge in [-0.1, -0.05) is 50.2 Å². The van der Waals surface area contributed by atoms with Gasteiger partial charge in [-0.3, -0.25) is 9.59 Å². The molecule has 0 aliphatic rings. The first-order valence-electron chi connectivity index (χ1n) is 13.1. The van der Waals surface area contributed by atoms with E-state index in [1.807, 2.05) is 39.0 Å². The molecule has 2 aromatic carbocycles. The van der Waals surface area contributed by atoms with Gasteiger partial charge in [0.1, 0.15) is 23.4 Å². The molecular weight excluding hydrogens is 482 g/mol. The highest BCUT2D eigenvalue weighted by molar-refractivity contribution is 6.00. The maximum Gasteiger partial charge on any atom is 0.408 e. The lowest BCUT2D eigenvalue weighted by Gasteiger charge is -2.38. The SMILES string of the molecule is Cc1ccccc1NC(=O)C(c1cccc(C)c1O)N(C(=O)C(CC(C)C)NC(=O)OC(C)(C)C)C(C)C. The molecule has 0 radical (unpaired) electrons. The first kappa shape index (κ1) is 30.7. The molecule has 0 saturated heterocycles. The second kappa shape index (κ2) is 12.8. The number of hydrogen-bond acceptors (Lipinski definition) is 5. The van der Waals surface area contributed by atoms with Crippen LogP contribution in [0.1, 0.15) is 77.6 Å². The van der Waals surface area contributed by atoms with E-state index >= 15 is 0 Å². The van der Waals surface area contributed by atoms with Crippen molar-refractivity contribution >= 4 is 23.6 Å². The number of carbonyl (C=O) groups is 3. The van der Waals surface area contributed by atoms with Crippen molar-refractivity contribution in [3.05, 3.63) is 59.2 Å². The number of aryl methyl sites for hydroxylation is 2. The van der Waals surface area contributed by atoms with E-state index in [2.05, 4.69) is 10.6 Å². The standard InChI is InChI=1S/C30H43N3O5/c1-18(2)17-24(32-29(37)38-30(7,8)9)28(36)33(19(3)4)25(22-15-12-14-21(6)26(22)34)27(35)31-23-16-11-10-13-20(23)5/h10-16,18-19,24-25,34H,17H2,1-9H3,(H,31,35)(H,32,37). The number of benzene rings is 2. The minimum Gasteiger partial charge on any atom is -0.507 e. The molecule has 2 aromatic rings. The number of alkyl carbamates (subject to hydrolysis) is 1. The lowest BCUT2D eigenvalue weighted by atomic mass is 9.96. The lowest BCUT2D eigenvalue weighted by Crippen LogP contribution is -2.54. The summed E-state index contributed by atoms with van der Waals surface area (Å²) in [4.78, 5) is 42.2. The molecular formula is C30H43N3O5. The number of phenols is 1. The molecule has 208 valence electrons. The Bertz CT molecular complexity index is 1140. The number of amides is 3. The predicted molar refractivity (Wildman–Crippen MR) is 150 cm³/mol. The van der Waals surface area contributed by atoms with Gasteiger partial charge >= 0.3 is 6.09 Å². The van der Waals surface area contributed by atoms with Crippen molar-refractivity contribution in [3.8, 4) is 5.75 Å². The molecule has 0 bridgehead atoms. The van der Waals surface area contributed by atoms with Crippen molar-refractivity contribution in [2.45, 2.75) is 92.5 Å². The Labute approximate surface area is 226 Å². The highest BCUT2D eigenvalue weighted by Crippen LogP contribution is 2.34. The van der Waals surface area contributed by atoms with Crippen LogP contribution in [0.5, 0.6) is 5.75 Å². The Balaban J connectivity index is 2.59. The lowest BCUT2D eigenvalue weighted by molar-refractivity contribution is -0.143. The van der Waals surface area contributed by atoms with Gasteiger partial charge in [0.25, 0.3) is 5.91 Å². The third-order valence-electron chi connectivity index (χ3n) is 6.00. The molecule has 38 heavy (non-hydrogen) atoms. The fourth-order valence-corrected chi connectivity index (χ4v) is 4.24. The molecule has 2 unspecified atom stereocenters. The molecule has 0 aliphatic carbocycles. The van der Waals surface area contributed by atoms with Gasteiger partial charge in [0.2, 0.25) is 5.91 Å². The first-order chi connectivity index (χ1) is 17.6. The first-order valence-corrected chi connectivity index (χ1v) is 13.1. The van der Waals surface area contributed by atoms with E-state index in [1.54, 1.807) is 65.8 Å².